The molecule has 0 aliphatic carbocycles. The zero-order valence-electron chi connectivity index (χ0n) is 26.8. The third-order valence-electron chi connectivity index (χ3n) is 7.93. The van der Waals surface area contributed by atoms with E-state index in [2.05, 4.69) is 19.2 Å². The highest BCUT2D eigenvalue weighted by Gasteiger charge is 2.14. The van der Waals surface area contributed by atoms with Gasteiger partial charge in [-0.25, -0.2) is 0 Å². The SMILES string of the molecule is CCCCCCCCCCCCCCCC(=O)N[C@H](C=O)COC(=O)CCCCCCCCCCCCCCC. The maximum atomic E-state index is 12.2. The van der Waals surface area contributed by atoms with Gasteiger partial charge in [0.15, 0.2) is 0 Å². The lowest BCUT2D eigenvalue weighted by Gasteiger charge is -2.13. The first kappa shape index (κ1) is 38.6. The van der Waals surface area contributed by atoms with Crippen molar-refractivity contribution in [1.82, 2.24) is 5.32 Å². The van der Waals surface area contributed by atoms with Crippen LogP contribution in [0.25, 0.3) is 0 Å². The van der Waals surface area contributed by atoms with Crippen LogP contribution < -0.4 is 5.32 Å². The molecule has 0 aromatic heterocycles. The number of nitrogens with one attached hydrogen (secondary N) is 1. The number of rotatable bonds is 32. The predicted molar refractivity (Wildman–Crippen MR) is 170 cm³/mol. The van der Waals surface area contributed by atoms with Crippen LogP contribution >= 0.6 is 0 Å². The first-order valence-corrected chi connectivity index (χ1v) is 17.5. The highest BCUT2D eigenvalue weighted by molar-refractivity contribution is 5.79. The van der Waals surface area contributed by atoms with Gasteiger partial charge in [0.2, 0.25) is 5.91 Å². The summed E-state index contributed by atoms with van der Waals surface area (Å²) in [6.07, 6.45) is 34.4. The van der Waals surface area contributed by atoms with Gasteiger partial charge in [-0.15, -0.1) is 0 Å². The third-order valence-corrected chi connectivity index (χ3v) is 7.93. The number of carbonyl (C=O) groups is 3. The van der Waals surface area contributed by atoms with Crippen molar-refractivity contribution in [3.05, 3.63) is 0 Å². The predicted octanol–water partition coefficient (Wildman–Crippen LogP) is 10.2. The van der Waals surface area contributed by atoms with Crippen LogP contribution in [-0.4, -0.2) is 30.8 Å². The van der Waals surface area contributed by atoms with E-state index in [0.717, 1.165) is 38.5 Å². The summed E-state index contributed by atoms with van der Waals surface area (Å²) in [5, 5.41) is 2.70. The summed E-state index contributed by atoms with van der Waals surface area (Å²) in [5.41, 5.74) is 0. The van der Waals surface area contributed by atoms with Crippen LogP contribution in [0.3, 0.4) is 0 Å². The molecule has 0 radical (unpaired) electrons. The van der Waals surface area contributed by atoms with Crippen molar-refractivity contribution >= 4 is 18.2 Å². The molecule has 0 rings (SSSR count). The standard InChI is InChI=1S/C35H67NO4/c1-3-5-7-9-11-13-15-17-19-21-23-25-27-29-34(38)36-33(31-37)32-40-35(39)30-28-26-24-22-20-18-16-14-12-10-8-6-4-2/h31,33H,3-30,32H2,1-2H3,(H,36,38)/t33-/m1/s1. The molecule has 0 spiro atoms. The fraction of sp³-hybridized carbons (Fsp3) is 0.914. The summed E-state index contributed by atoms with van der Waals surface area (Å²) in [4.78, 5) is 35.5. The maximum absolute atomic E-state index is 12.2. The van der Waals surface area contributed by atoms with Gasteiger partial charge in [-0.2, -0.15) is 0 Å². The molecule has 0 heterocycles. The molecule has 1 amide bonds. The highest BCUT2D eigenvalue weighted by atomic mass is 16.5. The zero-order chi connectivity index (χ0) is 29.4. The monoisotopic (exact) mass is 566 g/mol. The summed E-state index contributed by atoms with van der Waals surface area (Å²) in [5.74, 6) is -0.409. The molecule has 0 unspecified atom stereocenters. The molecule has 0 bridgehead atoms. The molecule has 0 saturated carbocycles. The summed E-state index contributed by atoms with van der Waals surface area (Å²) in [6.45, 7) is 4.45. The minimum Gasteiger partial charge on any atom is -0.463 e. The largest absolute Gasteiger partial charge is 0.463 e. The lowest BCUT2D eigenvalue weighted by molar-refractivity contribution is -0.145. The topological polar surface area (TPSA) is 72.5 Å². The van der Waals surface area contributed by atoms with Crippen LogP contribution in [0.1, 0.15) is 194 Å². The third kappa shape index (κ3) is 29.6. The van der Waals surface area contributed by atoms with Crippen LogP contribution in [0, 0.1) is 0 Å². The molecule has 1 N–H and O–H groups in total. The normalized spacial score (nSPS) is 11.8. The highest BCUT2D eigenvalue weighted by Crippen LogP contribution is 2.14. The fourth-order valence-corrected chi connectivity index (χ4v) is 5.24. The summed E-state index contributed by atoms with van der Waals surface area (Å²) in [7, 11) is 0. The second kappa shape index (κ2) is 32.1. The van der Waals surface area contributed by atoms with E-state index in [1.165, 1.54) is 128 Å². The van der Waals surface area contributed by atoms with Gasteiger partial charge < -0.3 is 14.8 Å². The molecule has 236 valence electrons. The number of hydrogen-bond donors (Lipinski definition) is 1. The average molecular weight is 566 g/mol. The Morgan fingerprint density at radius 1 is 0.525 bits per heavy atom. The molecule has 0 aromatic carbocycles. The molecule has 0 saturated heterocycles. The van der Waals surface area contributed by atoms with E-state index in [4.69, 9.17) is 4.74 Å². The van der Waals surface area contributed by atoms with Gasteiger partial charge in [0, 0.05) is 12.8 Å². The molecular weight excluding hydrogens is 498 g/mol. The molecule has 0 fully saturated rings. The van der Waals surface area contributed by atoms with E-state index in [1.807, 2.05) is 0 Å². The van der Waals surface area contributed by atoms with Gasteiger partial charge in [0.1, 0.15) is 18.9 Å². The maximum Gasteiger partial charge on any atom is 0.305 e. The molecule has 0 aliphatic rings. The number of amides is 1. The van der Waals surface area contributed by atoms with E-state index in [-0.39, 0.29) is 18.5 Å². The minimum absolute atomic E-state index is 0.0644. The molecule has 40 heavy (non-hydrogen) atoms. The molecule has 0 aromatic rings. The molecular formula is C35H67NO4. The van der Waals surface area contributed by atoms with Gasteiger partial charge in [-0.05, 0) is 12.8 Å². The van der Waals surface area contributed by atoms with E-state index in [1.54, 1.807) is 0 Å². The van der Waals surface area contributed by atoms with Crippen molar-refractivity contribution in [1.29, 1.82) is 0 Å². The lowest BCUT2D eigenvalue weighted by atomic mass is 10.0. The van der Waals surface area contributed by atoms with Crippen molar-refractivity contribution in [3.8, 4) is 0 Å². The Kier molecular flexibility index (Phi) is 31.0. The molecule has 5 nitrogen and oxygen atoms in total. The molecule has 0 aliphatic heterocycles. The van der Waals surface area contributed by atoms with Gasteiger partial charge in [0.25, 0.3) is 0 Å². The van der Waals surface area contributed by atoms with E-state index < -0.39 is 6.04 Å². The van der Waals surface area contributed by atoms with E-state index in [0.29, 0.717) is 19.1 Å². The number of aldehydes is 1. The van der Waals surface area contributed by atoms with Crippen molar-refractivity contribution < 1.29 is 19.1 Å². The van der Waals surface area contributed by atoms with Crippen LogP contribution in [0.4, 0.5) is 0 Å². The number of ether oxygens (including phenoxy) is 1. The number of hydrogen-bond acceptors (Lipinski definition) is 4. The Morgan fingerprint density at radius 3 is 1.20 bits per heavy atom. The van der Waals surface area contributed by atoms with Crippen LogP contribution in [0.5, 0.6) is 0 Å². The van der Waals surface area contributed by atoms with Crippen molar-refractivity contribution in [2.75, 3.05) is 6.61 Å². The average Bonchev–Trinajstić information content (AvgIpc) is 2.96. The van der Waals surface area contributed by atoms with E-state index >= 15 is 0 Å². The lowest BCUT2D eigenvalue weighted by Crippen LogP contribution is -2.39. The summed E-state index contributed by atoms with van der Waals surface area (Å²) >= 11 is 0. The van der Waals surface area contributed by atoms with Crippen molar-refractivity contribution in [2.45, 2.75) is 200 Å². The van der Waals surface area contributed by atoms with Gasteiger partial charge in [-0.1, -0.05) is 168 Å². The van der Waals surface area contributed by atoms with Crippen molar-refractivity contribution in [3.63, 3.8) is 0 Å². The van der Waals surface area contributed by atoms with Gasteiger partial charge in [-0.3, -0.25) is 9.59 Å². The van der Waals surface area contributed by atoms with Gasteiger partial charge in [0.05, 0.1) is 0 Å². The minimum atomic E-state index is -0.745. The quantitative estimate of drug-likeness (QED) is 0.0500. The smallest absolute Gasteiger partial charge is 0.305 e. The van der Waals surface area contributed by atoms with Crippen molar-refractivity contribution in [2.24, 2.45) is 0 Å². The number of unbranched alkanes of at least 4 members (excludes halogenated alkanes) is 24. The molecule has 5 heteroatoms. The fourth-order valence-electron chi connectivity index (χ4n) is 5.24. The van der Waals surface area contributed by atoms with E-state index in [9.17, 15) is 14.4 Å². The first-order valence-electron chi connectivity index (χ1n) is 17.5. The summed E-state index contributed by atoms with van der Waals surface area (Å²) < 4.78 is 5.24. The van der Waals surface area contributed by atoms with Crippen LogP contribution in [0.15, 0.2) is 0 Å². The Hall–Kier alpha value is -1.39. The Bertz CT molecular complexity index is 566. The second-order valence-electron chi connectivity index (χ2n) is 12.0. The van der Waals surface area contributed by atoms with Gasteiger partial charge >= 0.3 is 5.97 Å². The Morgan fingerprint density at radius 2 is 0.850 bits per heavy atom. The number of carbonyl (C=O) groups excluding carboxylic acids is 3. The summed E-state index contributed by atoms with van der Waals surface area (Å²) in [6, 6.07) is -0.745. The van der Waals surface area contributed by atoms with Crippen LogP contribution in [0.2, 0.25) is 0 Å². The molecule has 1 atom stereocenters. The van der Waals surface area contributed by atoms with Crippen LogP contribution in [-0.2, 0) is 19.1 Å². The number of esters is 1. The second-order valence-corrected chi connectivity index (χ2v) is 12.0. The zero-order valence-corrected chi connectivity index (χ0v) is 26.8. The Balaban J connectivity index is 3.53. The Labute approximate surface area is 248 Å². The first-order chi connectivity index (χ1) is 19.6.